The molecule has 2 saturated carbocycles. The summed E-state index contributed by atoms with van der Waals surface area (Å²) in [5.74, 6) is -1.24. The molecule has 2 aliphatic rings. The van der Waals surface area contributed by atoms with E-state index in [0.29, 0.717) is 19.0 Å². The van der Waals surface area contributed by atoms with Crippen molar-refractivity contribution in [2.75, 3.05) is 19.6 Å². The minimum Gasteiger partial charge on any atom is -0.481 e. The number of likely N-dealkylation sites (N-methyl/N-ethyl adjacent to an activating group) is 1. The van der Waals surface area contributed by atoms with Crippen molar-refractivity contribution >= 4 is 12.0 Å². The first-order valence-corrected chi connectivity index (χ1v) is 8.13. The molecule has 2 rings (SSSR count). The first kappa shape index (κ1) is 16.1. The maximum atomic E-state index is 11.9. The van der Waals surface area contributed by atoms with Crippen LogP contribution in [0.1, 0.15) is 45.4 Å². The molecule has 0 heterocycles. The van der Waals surface area contributed by atoms with Gasteiger partial charge in [-0.3, -0.25) is 9.69 Å². The molecule has 6 nitrogen and oxygen atoms in total. The zero-order valence-electron chi connectivity index (χ0n) is 12.8. The van der Waals surface area contributed by atoms with Gasteiger partial charge in [0.25, 0.3) is 0 Å². The third kappa shape index (κ3) is 4.88. The maximum absolute atomic E-state index is 11.9. The molecule has 0 aliphatic heterocycles. The summed E-state index contributed by atoms with van der Waals surface area (Å²) in [5, 5.41) is 14.9. The molecule has 0 aromatic rings. The molecule has 0 bridgehead atoms. The Kier molecular flexibility index (Phi) is 5.85. The van der Waals surface area contributed by atoms with E-state index >= 15 is 0 Å². The highest BCUT2D eigenvalue weighted by molar-refractivity contribution is 5.76. The number of nitrogens with zero attached hydrogens (tertiary/aromatic N) is 1. The number of amides is 2. The van der Waals surface area contributed by atoms with Gasteiger partial charge in [-0.15, -0.1) is 0 Å². The fourth-order valence-corrected chi connectivity index (χ4v) is 3.17. The van der Waals surface area contributed by atoms with Gasteiger partial charge < -0.3 is 15.7 Å². The van der Waals surface area contributed by atoms with Crippen molar-refractivity contribution in [2.24, 2.45) is 5.92 Å². The average molecular weight is 297 g/mol. The van der Waals surface area contributed by atoms with Crippen molar-refractivity contribution in [3.63, 3.8) is 0 Å². The molecule has 21 heavy (non-hydrogen) atoms. The van der Waals surface area contributed by atoms with E-state index in [1.807, 2.05) is 0 Å². The molecular formula is C15H27N3O3. The molecule has 0 saturated heterocycles. The Morgan fingerprint density at radius 3 is 2.52 bits per heavy atom. The van der Waals surface area contributed by atoms with Crippen LogP contribution >= 0.6 is 0 Å². The smallest absolute Gasteiger partial charge is 0.315 e. The summed E-state index contributed by atoms with van der Waals surface area (Å²) in [6.45, 7) is 4.62. The van der Waals surface area contributed by atoms with Gasteiger partial charge in [0.1, 0.15) is 0 Å². The Morgan fingerprint density at radius 1 is 1.19 bits per heavy atom. The van der Waals surface area contributed by atoms with Crippen molar-refractivity contribution in [3.05, 3.63) is 0 Å². The lowest BCUT2D eigenvalue weighted by Crippen LogP contribution is -2.50. The SMILES string of the molecule is CCN(CCNC(=O)NC1CCCCC1C(=O)O)C1CC1. The third-order valence-electron chi connectivity index (χ3n) is 4.55. The number of carboxylic acids is 1. The number of rotatable bonds is 7. The molecule has 120 valence electrons. The first-order chi connectivity index (χ1) is 10.1. The second kappa shape index (κ2) is 7.64. The van der Waals surface area contributed by atoms with E-state index in [0.717, 1.165) is 32.4 Å². The third-order valence-corrected chi connectivity index (χ3v) is 4.55. The molecule has 0 aromatic heterocycles. The van der Waals surface area contributed by atoms with Crippen molar-refractivity contribution in [1.29, 1.82) is 0 Å². The summed E-state index contributed by atoms with van der Waals surface area (Å²) < 4.78 is 0. The predicted octanol–water partition coefficient (Wildman–Crippen LogP) is 1.41. The average Bonchev–Trinajstić information content (AvgIpc) is 3.28. The number of carbonyl (C=O) groups excluding carboxylic acids is 1. The van der Waals surface area contributed by atoms with Gasteiger partial charge in [0.2, 0.25) is 0 Å². The van der Waals surface area contributed by atoms with Gasteiger partial charge >= 0.3 is 12.0 Å². The molecule has 0 spiro atoms. The quantitative estimate of drug-likeness (QED) is 0.663. The van der Waals surface area contributed by atoms with Gasteiger partial charge in [-0.2, -0.15) is 0 Å². The van der Waals surface area contributed by atoms with Crippen molar-refractivity contribution in [1.82, 2.24) is 15.5 Å². The van der Waals surface area contributed by atoms with E-state index in [4.69, 9.17) is 0 Å². The van der Waals surface area contributed by atoms with Gasteiger partial charge in [0.05, 0.1) is 5.92 Å². The fourth-order valence-electron chi connectivity index (χ4n) is 3.17. The van der Waals surface area contributed by atoms with Crippen LogP contribution in [0.4, 0.5) is 4.79 Å². The zero-order chi connectivity index (χ0) is 15.2. The molecule has 2 fully saturated rings. The van der Waals surface area contributed by atoms with Crippen LogP contribution in [0.2, 0.25) is 0 Å². The summed E-state index contributed by atoms with van der Waals surface area (Å²) in [6.07, 6.45) is 5.87. The van der Waals surface area contributed by atoms with Crippen LogP contribution in [-0.2, 0) is 4.79 Å². The summed E-state index contributed by atoms with van der Waals surface area (Å²) in [7, 11) is 0. The van der Waals surface area contributed by atoms with E-state index in [9.17, 15) is 14.7 Å². The zero-order valence-corrected chi connectivity index (χ0v) is 12.8. The molecule has 2 atom stereocenters. The van der Waals surface area contributed by atoms with E-state index in [1.165, 1.54) is 12.8 Å². The molecule has 2 unspecified atom stereocenters. The van der Waals surface area contributed by atoms with Gasteiger partial charge in [-0.05, 0) is 32.2 Å². The molecule has 0 radical (unpaired) electrons. The van der Waals surface area contributed by atoms with E-state index in [2.05, 4.69) is 22.5 Å². The Bertz CT molecular complexity index is 371. The lowest BCUT2D eigenvalue weighted by atomic mass is 9.84. The standard InChI is InChI=1S/C15H27N3O3/c1-2-18(11-7-8-11)10-9-16-15(21)17-13-6-4-3-5-12(13)14(19)20/h11-13H,2-10H2,1H3,(H,19,20)(H2,16,17,21). The molecule has 2 aliphatic carbocycles. The molecule has 2 amide bonds. The largest absolute Gasteiger partial charge is 0.481 e. The van der Waals surface area contributed by atoms with Crippen LogP contribution in [0, 0.1) is 5.92 Å². The van der Waals surface area contributed by atoms with Crippen LogP contribution in [0.3, 0.4) is 0 Å². The molecule has 6 heteroatoms. The van der Waals surface area contributed by atoms with Crippen LogP contribution < -0.4 is 10.6 Å². The van der Waals surface area contributed by atoms with Crippen molar-refractivity contribution in [2.45, 2.75) is 57.5 Å². The Morgan fingerprint density at radius 2 is 1.90 bits per heavy atom. The van der Waals surface area contributed by atoms with Crippen LogP contribution in [-0.4, -0.2) is 53.7 Å². The summed E-state index contributed by atoms with van der Waals surface area (Å²) in [6, 6.07) is 0.233. The van der Waals surface area contributed by atoms with Gasteiger partial charge in [0.15, 0.2) is 0 Å². The highest BCUT2D eigenvalue weighted by atomic mass is 16.4. The number of nitrogens with one attached hydrogen (secondary N) is 2. The summed E-state index contributed by atoms with van der Waals surface area (Å²) in [5.41, 5.74) is 0. The first-order valence-electron chi connectivity index (χ1n) is 8.13. The second-order valence-corrected chi connectivity index (χ2v) is 6.10. The number of aliphatic carboxylic acids is 1. The number of carboxylic acid groups (broad SMARTS) is 1. The number of hydrogen-bond donors (Lipinski definition) is 3. The topological polar surface area (TPSA) is 81.7 Å². The predicted molar refractivity (Wildman–Crippen MR) is 80.2 cm³/mol. The Hall–Kier alpha value is -1.30. The fraction of sp³-hybridized carbons (Fsp3) is 0.867. The van der Waals surface area contributed by atoms with Crippen LogP contribution in [0.15, 0.2) is 0 Å². The number of carbonyl (C=O) groups is 2. The van der Waals surface area contributed by atoms with Crippen molar-refractivity contribution < 1.29 is 14.7 Å². The Labute approximate surface area is 126 Å². The van der Waals surface area contributed by atoms with Gasteiger partial charge in [-0.1, -0.05) is 19.8 Å². The molecule has 0 aromatic carbocycles. The van der Waals surface area contributed by atoms with Crippen LogP contribution in [0.25, 0.3) is 0 Å². The minimum absolute atomic E-state index is 0.234. The van der Waals surface area contributed by atoms with E-state index in [-0.39, 0.29) is 12.1 Å². The summed E-state index contributed by atoms with van der Waals surface area (Å²) >= 11 is 0. The van der Waals surface area contributed by atoms with Gasteiger partial charge in [-0.25, -0.2) is 4.79 Å². The van der Waals surface area contributed by atoms with E-state index in [1.54, 1.807) is 0 Å². The lowest BCUT2D eigenvalue weighted by Gasteiger charge is -2.29. The Balaban J connectivity index is 1.69. The molecular weight excluding hydrogens is 270 g/mol. The second-order valence-electron chi connectivity index (χ2n) is 6.10. The monoisotopic (exact) mass is 297 g/mol. The number of urea groups is 1. The van der Waals surface area contributed by atoms with Crippen LogP contribution in [0.5, 0.6) is 0 Å². The lowest BCUT2D eigenvalue weighted by molar-refractivity contribution is -0.143. The normalized spacial score (nSPS) is 25.6. The van der Waals surface area contributed by atoms with E-state index < -0.39 is 11.9 Å². The highest BCUT2D eigenvalue weighted by Crippen LogP contribution is 2.26. The van der Waals surface area contributed by atoms with Crippen molar-refractivity contribution in [3.8, 4) is 0 Å². The molecule has 3 N–H and O–H groups in total. The van der Waals surface area contributed by atoms with Gasteiger partial charge in [0, 0.05) is 25.2 Å². The maximum Gasteiger partial charge on any atom is 0.315 e. The summed E-state index contributed by atoms with van der Waals surface area (Å²) in [4.78, 5) is 25.5. The highest BCUT2D eigenvalue weighted by Gasteiger charge is 2.32. The minimum atomic E-state index is -0.800. The number of hydrogen-bond acceptors (Lipinski definition) is 3.